The maximum Gasteiger partial charge on any atom is 0.121 e. The Labute approximate surface area is 114 Å². The average molecular weight is 265 g/mol. The Morgan fingerprint density at radius 1 is 1.42 bits per heavy atom. The summed E-state index contributed by atoms with van der Waals surface area (Å²) < 4.78 is 10.9. The van der Waals surface area contributed by atoms with Crippen LogP contribution in [0.5, 0.6) is 5.75 Å². The van der Waals surface area contributed by atoms with Crippen molar-refractivity contribution in [2.75, 3.05) is 31.7 Å². The van der Waals surface area contributed by atoms with Gasteiger partial charge in [0.1, 0.15) is 5.75 Å². The Balaban J connectivity index is 1.66. The summed E-state index contributed by atoms with van der Waals surface area (Å²) in [7, 11) is 0. The number of aliphatic hydroxyl groups excluding tert-OH is 1. The normalized spacial score (nSPS) is 16.1. The van der Waals surface area contributed by atoms with Crippen molar-refractivity contribution in [3.63, 3.8) is 0 Å². The summed E-state index contributed by atoms with van der Waals surface area (Å²) in [6.45, 7) is 4.29. The third kappa shape index (κ3) is 5.49. The van der Waals surface area contributed by atoms with E-state index < -0.39 is 6.10 Å². The SMILES string of the molecule is CCOc1cccc(NCC(O)COCC2CC2)c1. The number of rotatable bonds is 9. The third-order valence-corrected chi connectivity index (χ3v) is 3.05. The second-order valence-corrected chi connectivity index (χ2v) is 4.98. The molecule has 0 radical (unpaired) electrons. The molecule has 0 aromatic heterocycles. The number of benzene rings is 1. The molecule has 1 aromatic carbocycles. The average Bonchev–Trinajstić information content (AvgIpc) is 3.21. The lowest BCUT2D eigenvalue weighted by molar-refractivity contribution is 0.0386. The van der Waals surface area contributed by atoms with E-state index in [4.69, 9.17) is 9.47 Å². The molecule has 0 amide bonds. The molecule has 0 bridgehead atoms. The summed E-state index contributed by atoms with van der Waals surface area (Å²) in [6.07, 6.45) is 2.08. The Morgan fingerprint density at radius 2 is 2.26 bits per heavy atom. The van der Waals surface area contributed by atoms with Gasteiger partial charge in [0.15, 0.2) is 0 Å². The van der Waals surface area contributed by atoms with E-state index in [1.54, 1.807) is 0 Å². The van der Waals surface area contributed by atoms with Crippen molar-refractivity contribution in [2.45, 2.75) is 25.9 Å². The predicted octanol–water partition coefficient (Wildman–Crippen LogP) is 2.28. The summed E-state index contributed by atoms with van der Waals surface area (Å²) >= 11 is 0. The van der Waals surface area contributed by atoms with Crippen molar-refractivity contribution in [1.29, 1.82) is 0 Å². The molecule has 1 atom stereocenters. The first-order chi connectivity index (χ1) is 9.28. The van der Waals surface area contributed by atoms with Gasteiger partial charge in [0.25, 0.3) is 0 Å². The van der Waals surface area contributed by atoms with E-state index in [1.807, 2.05) is 31.2 Å². The van der Waals surface area contributed by atoms with E-state index >= 15 is 0 Å². The molecule has 4 heteroatoms. The lowest BCUT2D eigenvalue weighted by Gasteiger charge is -2.14. The van der Waals surface area contributed by atoms with Crippen LogP contribution >= 0.6 is 0 Å². The predicted molar refractivity (Wildman–Crippen MR) is 75.7 cm³/mol. The molecule has 1 unspecified atom stereocenters. The molecule has 4 nitrogen and oxygen atoms in total. The molecule has 0 spiro atoms. The molecule has 1 aliphatic carbocycles. The van der Waals surface area contributed by atoms with Crippen molar-refractivity contribution < 1.29 is 14.6 Å². The van der Waals surface area contributed by atoms with Gasteiger partial charge in [-0.15, -0.1) is 0 Å². The molecule has 0 aliphatic heterocycles. The first-order valence-electron chi connectivity index (χ1n) is 7.00. The number of hydrogen-bond acceptors (Lipinski definition) is 4. The summed E-state index contributed by atoms with van der Waals surface area (Å²) in [4.78, 5) is 0. The van der Waals surface area contributed by atoms with Gasteiger partial charge in [-0.3, -0.25) is 0 Å². The lowest BCUT2D eigenvalue weighted by Crippen LogP contribution is -2.25. The third-order valence-electron chi connectivity index (χ3n) is 3.05. The number of ether oxygens (including phenoxy) is 2. The minimum Gasteiger partial charge on any atom is -0.494 e. The fraction of sp³-hybridized carbons (Fsp3) is 0.600. The molecule has 0 heterocycles. The topological polar surface area (TPSA) is 50.7 Å². The molecular weight excluding hydrogens is 242 g/mol. The van der Waals surface area contributed by atoms with Crippen molar-refractivity contribution in [3.8, 4) is 5.75 Å². The second kappa shape index (κ2) is 7.36. The Hall–Kier alpha value is -1.26. The van der Waals surface area contributed by atoms with E-state index in [0.717, 1.165) is 24.0 Å². The minimum absolute atomic E-state index is 0.397. The van der Waals surface area contributed by atoms with E-state index in [1.165, 1.54) is 12.8 Å². The molecule has 0 saturated heterocycles. The molecule has 1 fully saturated rings. The van der Waals surface area contributed by atoms with Gasteiger partial charge in [-0.25, -0.2) is 0 Å². The summed E-state index contributed by atoms with van der Waals surface area (Å²) in [5, 5.41) is 13.0. The van der Waals surface area contributed by atoms with Gasteiger partial charge in [-0.05, 0) is 37.8 Å². The van der Waals surface area contributed by atoms with Crippen molar-refractivity contribution in [1.82, 2.24) is 0 Å². The largest absolute Gasteiger partial charge is 0.494 e. The summed E-state index contributed by atoms with van der Waals surface area (Å²) in [5.74, 6) is 1.58. The molecule has 1 saturated carbocycles. The fourth-order valence-electron chi connectivity index (χ4n) is 1.81. The van der Waals surface area contributed by atoms with E-state index in [9.17, 15) is 5.11 Å². The monoisotopic (exact) mass is 265 g/mol. The van der Waals surface area contributed by atoms with Crippen LogP contribution < -0.4 is 10.1 Å². The fourth-order valence-corrected chi connectivity index (χ4v) is 1.81. The van der Waals surface area contributed by atoms with Crippen molar-refractivity contribution in [2.24, 2.45) is 5.92 Å². The zero-order valence-electron chi connectivity index (χ0n) is 11.5. The van der Waals surface area contributed by atoms with Gasteiger partial charge in [0.2, 0.25) is 0 Å². The van der Waals surface area contributed by atoms with Crippen LogP contribution in [0.2, 0.25) is 0 Å². The highest BCUT2D eigenvalue weighted by Crippen LogP contribution is 2.28. The van der Waals surface area contributed by atoms with Gasteiger partial charge in [0, 0.05) is 24.9 Å². The van der Waals surface area contributed by atoms with Crippen LogP contribution in [0.1, 0.15) is 19.8 Å². The van der Waals surface area contributed by atoms with Crippen LogP contribution in [0.3, 0.4) is 0 Å². The Morgan fingerprint density at radius 3 is 3.00 bits per heavy atom. The van der Waals surface area contributed by atoms with Crippen molar-refractivity contribution >= 4 is 5.69 Å². The highest BCUT2D eigenvalue weighted by atomic mass is 16.5. The van der Waals surface area contributed by atoms with E-state index in [2.05, 4.69) is 5.32 Å². The Bertz CT molecular complexity index is 379. The summed E-state index contributed by atoms with van der Waals surface area (Å²) in [5.41, 5.74) is 0.951. The molecule has 19 heavy (non-hydrogen) atoms. The van der Waals surface area contributed by atoms with Crippen molar-refractivity contribution in [3.05, 3.63) is 24.3 Å². The highest BCUT2D eigenvalue weighted by Gasteiger charge is 2.21. The summed E-state index contributed by atoms with van der Waals surface area (Å²) in [6, 6.07) is 7.74. The zero-order chi connectivity index (χ0) is 13.5. The smallest absolute Gasteiger partial charge is 0.121 e. The quantitative estimate of drug-likeness (QED) is 0.719. The number of aliphatic hydroxyl groups is 1. The minimum atomic E-state index is -0.477. The maximum absolute atomic E-state index is 9.80. The van der Waals surface area contributed by atoms with Crippen LogP contribution in [-0.4, -0.2) is 37.6 Å². The number of hydrogen-bond donors (Lipinski definition) is 2. The molecule has 106 valence electrons. The highest BCUT2D eigenvalue weighted by molar-refractivity contribution is 5.48. The van der Waals surface area contributed by atoms with Crippen LogP contribution in [0, 0.1) is 5.92 Å². The van der Waals surface area contributed by atoms with Crippen LogP contribution in [0.25, 0.3) is 0 Å². The number of anilines is 1. The second-order valence-electron chi connectivity index (χ2n) is 4.98. The van der Waals surface area contributed by atoms with Crippen LogP contribution in [0.15, 0.2) is 24.3 Å². The molecule has 1 aromatic rings. The van der Waals surface area contributed by atoms with Gasteiger partial charge < -0.3 is 19.9 Å². The molecular formula is C15H23NO3. The van der Waals surface area contributed by atoms with Gasteiger partial charge in [-0.2, -0.15) is 0 Å². The molecule has 1 aliphatic rings. The first-order valence-corrected chi connectivity index (χ1v) is 7.00. The standard InChI is InChI=1S/C15H23NO3/c1-2-19-15-5-3-4-13(8-15)16-9-14(17)11-18-10-12-6-7-12/h3-5,8,12,14,16-17H,2,6-7,9-11H2,1H3. The van der Waals surface area contributed by atoms with Gasteiger partial charge in [-0.1, -0.05) is 6.07 Å². The lowest BCUT2D eigenvalue weighted by atomic mass is 10.3. The zero-order valence-corrected chi connectivity index (χ0v) is 11.5. The van der Waals surface area contributed by atoms with Crippen LogP contribution in [-0.2, 0) is 4.74 Å². The van der Waals surface area contributed by atoms with Gasteiger partial charge in [0.05, 0.1) is 19.3 Å². The molecule has 2 rings (SSSR count). The first kappa shape index (κ1) is 14.2. The van der Waals surface area contributed by atoms with E-state index in [0.29, 0.717) is 19.8 Å². The number of nitrogens with one attached hydrogen (secondary N) is 1. The Kier molecular flexibility index (Phi) is 5.48. The molecule has 2 N–H and O–H groups in total. The van der Waals surface area contributed by atoms with E-state index in [-0.39, 0.29) is 0 Å². The maximum atomic E-state index is 9.80. The van der Waals surface area contributed by atoms with Crippen LogP contribution in [0.4, 0.5) is 5.69 Å². The van der Waals surface area contributed by atoms with Gasteiger partial charge >= 0.3 is 0 Å².